The summed E-state index contributed by atoms with van der Waals surface area (Å²) in [6, 6.07) is 1.93. The highest BCUT2D eigenvalue weighted by atomic mass is 16.4. The van der Waals surface area contributed by atoms with E-state index in [1.807, 2.05) is 25.5 Å². The zero-order valence-electron chi connectivity index (χ0n) is 15.5. The van der Waals surface area contributed by atoms with E-state index in [1.54, 1.807) is 12.3 Å². The number of carboxylic acid groups (broad SMARTS) is 1. The number of nitrogens with one attached hydrogen (secondary N) is 1. The average molecular weight is 346 g/mol. The maximum absolute atomic E-state index is 12.8. The molecule has 7 nitrogen and oxygen atoms in total. The van der Waals surface area contributed by atoms with Crippen LogP contribution in [-0.4, -0.2) is 37.3 Å². The first kappa shape index (κ1) is 18.9. The lowest BCUT2D eigenvalue weighted by molar-refractivity contribution is -0.137. The number of carbonyl (C=O) groups excluding carboxylic acids is 1. The smallest absolute Gasteiger partial charge is 0.303 e. The molecule has 1 unspecified atom stereocenters. The van der Waals surface area contributed by atoms with Gasteiger partial charge in [-0.25, -0.2) is 9.67 Å². The van der Waals surface area contributed by atoms with E-state index in [1.165, 1.54) is 0 Å². The molecule has 1 atom stereocenters. The first-order valence-electron chi connectivity index (χ1n) is 8.53. The summed E-state index contributed by atoms with van der Waals surface area (Å²) in [5, 5.41) is 16.9. The van der Waals surface area contributed by atoms with Gasteiger partial charge in [-0.3, -0.25) is 9.59 Å². The molecule has 0 saturated carbocycles. The van der Waals surface area contributed by atoms with Gasteiger partial charge in [0.15, 0.2) is 5.65 Å². The highest BCUT2D eigenvalue weighted by molar-refractivity contribution is 6.05. The summed E-state index contributed by atoms with van der Waals surface area (Å²) in [7, 11) is 0. The van der Waals surface area contributed by atoms with Crippen LogP contribution < -0.4 is 5.32 Å². The van der Waals surface area contributed by atoms with Crippen molar-refractivity contribution in [3.8, 4) is 0 Å². The fraction of sp³-hybridized carbons (Fsp3) is 0.556. The monoisotopic (exact) mass is 346 g/mol. The van der Waals surface area contributed by atoms with Gasteiger partial charge in [0, 0.05) is 17.7 Å². The largest absolute Gasteiger partial charge is 0.481 e. The van der Waals surface area contributed by atoms with Gasteiger partial charge in [0.1, 0.15) is 0 Å². The van der Waals surface area contributed by atoms with E-state index in [0.29, 0.717) is 23.0 Å². The van der Waals surface area contributed by atoms with E-state index in [0.717, 1.165) is 12.1 Å². The predicted octanol–water partition coefficient (Wildman–Crippen LogP) is 3.08. The number of aryl methyl sites for hydroxylation is 1. The SMILES string of the molecule is CCC(C)n1ncc2c(C(=O)NC(C)(C)CCC(=O)O)cc(C)nc21. The third-order valence-electron chi connectivity index (χ3n) is 4.36. The summed E-state index contributed by atoms with van der Waals surface area (Å²) in [5.74, 6) is -1.12. The number of aliphatic carboxylic acids is 1. The highest BCUT2D eigenvalue weighted by Gasteiger charge is 2.24. The lowest BCUT2D eigenvalue weighted by Crippen LogP contribution is -2.43. The fourth-order valence-electron chi connectivity index (χ4n) is 2.68. The fourth-order valence-corrected chi connectivity index (χ4v) is 2.68. The molecule has 2 aromatic heterocycles. The average Bonchev–Trinajstić information content (AvgIpc) is 2.94. The van der Waals surface area contributed by atoms with E-state index in [-0.39, 0.29) is 18.4 Å². The zero-order chi connectivity index (χ0) is 18.8. The summed E-state index contributed by atoms with van der Waals surface area (Å²) < 4.78 is 1.84. The van der Waals surface area contributed by atoms with Crippen molar-refractivity contribution in [2.75, 3.05) is 0 Å². The summed E-state index contributed by atoms with van der Waals surface area (Å²) >= 11 is 0. The topological polar surface area (TPSA) is 97.1 Å². The molecule has 2 aromatic rings. The van der Waals surface area contributed by atoms with E-state index < -0.39 is 11.5 Å². The van der Waals surface area contributed by atoms with Crippen LogP contribution in [0, 0.1) is 6.92 Å². The van der Waals surface area contributed by atoms with E-state index in [4.69, 9.17) is 5.11 Å². The molecule has 0 aliphatic rings. The number of hydrogen-bond acceptors (Lipinski definition) is 4. The Morgan fingerprint density at radius 2 is 2.08 bits per heavy atom. The number of aromatic nitrogens is 3. The van der Waals surface area contributed by atoms with Gasteiger partial charge in [0.05, 0.1) is 23.2 Å². The first-order valence-corrected chi connectivity index (χ1v) is 8.53. The zero-order valence-corrected chi connectivity index (χ0v) is 15.5. The number of hydrogen-bond donors (Lipinski definition) is 2. The molecule has 0 aromatic carbocycles. The quantitative estimate of drug-likeness (QED) is 0.803. The molecule has 7 heteroatoms. The highest BCUT2D eigenvalue weighted by Crippen LogP contribution is 2.23. The molecule has 2 N–H and O–H groups in total. The minimum atomic E-state index is -0.876. The Kier molecular flexibility index (Phi) is 5.45. The number of carboxylic acids is 1. The molecule has 1 amide bonds. The van der Waals surface area contributed by atoms with Crippen molar-refractivity contribution in [1.29, 1.82) is 0 Å². The van der Waals surface area contributed by atoms with Gasteiger partial charge in [-0.15, -0.1) is 0 Å². The normalized spacial score (nSPS) is 13.0. The predicted molar refractivity (Wildman–Crippen MR) is 95.7 cm³/mol. The minimum absolute atomic E-state index is 0.00398. The summed E-state index contributed by atoms with van der Waals surface area (Å²) in [4.78, 5) is 28.1. The molecule has 2 heterocycles. The Morgan fingerprint density at radius 1 is 1.40 bits per heavy atom. The van der Waals surface area contributed by atoms with Crippen molar-refractivity contribution in [2.45, 2.75) is 65.5 Å². The lowest BCUT2D eigenvalue weighted by atomic mass is 9.97. The number of nitrogens with zero attached hydrogens (tertiary/aromatic N) is 3. The Bertz CT molecular complexity index is 795. The van der Waals surface area contributed by atoms with Gasteiger partial charge >= 0.3 is 5.97 Å². The van der Waals surface area contributed by atoms with Crippen LogP contribution in [0.4, 0.5) is 0 Å². The van der Waals surface area contributed by atoms with Crippen LogP contribution in [0.25, 0.3) is 11.0 Å². The Balaban J connectivity index is 2.35. The molecule has 0 fully saturated rings. The third-order valence-corrected chi connectivity index (χ3v) is 4.36. The molecule has 0 saturated heterocycles. The minimum Gasteiger partial charge on any atom is -0.481 e. The summed E-state index contributed by atoms with van der Waals surface area (Å²) in [5.41, 5.74) is 1.33. The Labute approximate surface area is 147 Å². The maximum Gasteiger partial charge on any atom is 0.303 e. The molecular weight excluding hydrogens is 320 g/mol. The van der Waals surface area contributed by atoms with Crippen LogP contribution in [0.1, 0.15) is 69.1 Å². The molecule has 136 valence electrons. The van der Waals surface area contributed by atoms with E-state index >= 15 is 0 Å². The second-order valence-electron chi connectivity index (χ2n) is 7.13. The molecule has 25 heavy (non-hydrogen) atoms. The number of rotatable bonds is 7. The van der Waals surface area contributed by atoms with E-state index in [9.17, 15) is 9.59 Å². The van der Waals surface area contributed by atoms with Crippen LogP contribution in [0.2, 0.25) is 0 Å². The molecule has 0 bridgehead atoms. The van der Waals surface area contributed by atoms with Gasteiger partial charge in [0.25, 0.3) is 5.91 Å². The van der Waals surface area contributed by atoms with E-state index in [2.05, 4.69) is 29.2 Å². The van der Waals surface area contributed by atoms with Crippen LogP contribution >= 0.6 is 0 Å². The Hall–Kier alpha value is -2.44. The molecule has 0 radical (unpaired) electrons. The van der Waals surface area contributed by atoms with Crippen molar-refractivity contribution in [1.82, 2.24) is 20.1 Å². The first-order chi connectivity index (χ1) is 11.6. The van der Waals surface area contributed by atoms with Crippen LogP contribution in [-0.2, 0) is 4.79 Å². The maximum atomic E-state index is 12.8. The van der Waals surface area contributed by atoms with Gasteiger partial charge in [0.2, 0.25) is 0 Å². The summed E-state index contributed by atoms with van der Waals surface area (Å²) in [6.45, 7) is 9.63. The van der Waals surface area contributed by atoms with Crippen LogP contribution in [0.3, 0.4) is 0 Å². The van der Waals surface area contributed by atoms with Gasteiger partial charge in [-0.2, -0.15) is 5.10 Å². The number of pyridine rings is 1. The van der Waals surface area contributed by atoms with Gasteiger partial charge in [-0.1, -0.05) is 6.92 Å². The van der Waals surface area contributed by atoms with Gasteiger partial charge in [-0.05, 0) is 46.6 Å². The number of amides is 1. The molecule has 2 rings (SSSR count). The van der Waals surface area contributed by atoms with Crippen LogP contribution in [0.5, 0.6) is 0 Å². The second kappa shape index (κ2) is 7.21. The molecule has 0 spiro atoms. The van der Waals surface area contributed by atoms with Crippen molar-refractivity contribution >= 4 is 22.9 Å². The standard InChI is InChI=1S/C18H26N4O3/c1-6-12(3)22-16-14(10-19-22)13(9-11(2)20-16)17(25)21-18(4,5)8-7-15(23)24/h9-10,12H,6-8H2,1-5H3,(H,21,25)(H,23,24). The second-order valence-corrected chi connectivity index (χ2v) is 7.13. The number of carbonyl (C=O) groups is 2. The van der Waals surface area contributed by atoms with Crippen molar-refractivity contribution in [2.24, 2.45) is 0 Å². The molecular formula is C18H26N4O3. The van der Waals surface area contributed by atoms with Crippen LogP contribution in [0.15, 0.2) is 12.3 Å². The lowest BCUT2D eigenvalue weighted by Gasteiger charge is -2.26. The summed E-state index contributed by atoms with van der Waals surface area (Å²) in [6.07, 6.45) is 2.95. The number of fused-ring (bicyclic) bond motifs is 1. The van der Waals surface area contributed by atoms with Crippen molar-refractivity contribution in [3.05, 3.63) is 23.5 Å². The van der Waals surface area contributed by atoms with Crippen molar-refractivity contribution < 1.29 is 14.7 Å². The molecule has 0 aliphatic carbocycles. The third kappa shape index (κ3) is 4.35. The van der Waals surface area contributed by atoms with Crippen molar-refractivity contribution in [3.63, 3.8) is 0 Å². The van der Waals surface area contributed by atoms with Gasteiger partial charge < -0.3 is 10.4 Å². The Morgan fingerprint density at radius 3 is 2.68 bits per heavy atom. The molecule has 0 aliphatic heterocycles.